The smallest absolute Gasteiger partial charge is 0.340 e. The molecule has 0 fully saturated rings. The molecule has 1 heterocycles. The second-order valence-corrected chi connectivity index (χ2v) is 7.45. The molecule has 2 aromatic carbocycles. The summed E-state index contributed by atoms with van der Waals surface area (Å²) in [5, 5.41) is 0.901. The van der Waals surface area contributed by atoms with Crippen molar-refractivity contribution in [3.05, 3.63) is 70.9 Å². The molecule has 24 heavy (non-hydrogen) atoms. The predicted octanol–water partition coefficient (Wildman–Crippen LogP) is 3.46. The molecule has 0 unspecified atom stereocenters. The highest BCUT2D eigenvalue weighted by Gasteiger charge is 2.23. The van der Waals surface area contributed by atoms with E-state index in [0.29, 0.717) is 21.5 Å². The molecular formula is C17H14ClNO4S. The van der Waals surface area contributed by atoms with Crippen molar-refractivity contribution in [1.29, 1.82) is 0 Å². The van der Waals surface area contributed by atoms with Crippen molar-refractivity contribution in [3.63, 3.8) is 0 Å². The van der Waals surface area contributed by atoms with Crippen LogP contribution in [0.25, 0.3) is 10.9 Å². The average molecular weight is 364 g/mol. The highest BCUT2D eigenvalue weighted by molar-refractivity contribution is 7.89. The maximum atomic E-state index is 12.8. The second-order valence-electron chi connectivity index (χ2n) is 5.19. The maximum absolute atomic E-state index is 12.8. The summed E-state index contributed by atoms with van der Waals surface area (Å²) in [4.78, 5) is 11.9. The Kier molecular flexibility index (Phi) is 4.34. The number of benzene rings is 2. The third-order valence-electron chi connectivity index (χ3n) is 3.68. The first-order valence-electron chi connectivity index (χ1n) is 7.09. The molecule has 0 amide bonds. The number of para-hydroxylation sites is 1. The number of fused-ring (bicyclic) bond motifs is 1. The lowest BCUT2D eigenvalue weighted by Gasteiger charge is -2.08. The normalized spacial score (nSPS) is 11.6. The van der Waals surface area contributed by atoms with E-state index in [4.69, 9.17) is 16.3 Å². The van der Waals surface area contributed by atoms with E-state index in [9.17, 15) is 13.2 Å². The third-order valence-corrected chi connectivity index (χ3v) is 5.62. The molecule has 0 saturated heterocycles. The van der Waals surface area contributed by atoms with E-state index < -0.39 is 16.0 Å². The topological polar surface area (TPSA) is 65.4 Å². The first-order valence-corrected chi connectivity index (χ1v) is 9.08. The number of carbonyl (C=O) groups excluding carboxylic acids is 1. The zero-order valence-electron chi connectivity index (χ0n) is 12.8. The number of aromatic nitrogens is 1. The van der Waals surface area contributed by atoms with Gasteiger partial charge in [0, 0.05) is 16.6 Å². The minimum Gasteiger partial charge on any atom is -0.465 e. The second kappa shape index (κ2) is 6.30. The summed E-state index contributed by atoms with van der Waals surface area (Å²) in [7, 11) is -2.50. The summed E-state index contributed by atoms with van der Waals surface area (Å²) in [6, 6.07) is 13.5. The van der Waals surface area contributed by atoms with Crippen LogP contribution in [0, 0.1) is 0 Å². The van der Waals surface area contributed by atoms with Gasteiger partial charge in [0.1, 0.15) is 0 Å². The van der Waals surface area contributed by atoms with Gasteiger partial charge in [0.15, 0.2) is 0 Å². The number of esters is 1. The number of halogens is 1. The number of methoxy groups -OCH3 is 1. The molecule has 0 saturated carbocycles. The monoisotopic (exact) mass is 363 g/mol. The van der Waals surface area contributed by atoms with Crippen molar-refractivity contribution >= 4 is 38.5 Å². The standard InChI is InChI=1S/C17H14ClNO4S/c1-23-17(20)14-10-19(16-9-5-3-7-13(14)16)24(21,22)11-12-6-2-4-8-15(12)18/h2-10H,11H2,1H3. The minimum atomic E-state index is -3.76. The first kappa shape index (κ1) is 16.5. The van der Waals surface area contributed by atoms with Crippen molar-refractivity contribution in [2.75, 3.05) is 7.11 Å². The summed E-state index contributed by atoms with van der Waals surface area (Å²) in [5.41, 5.74) is 1.12. The Morgan fingerprint density at radius 1 is 1.12 bits per heavy atom. The van der Waals surface area contributed by atoms with Crippen LogP contribution in [0.1, 0.15) is 15.9 Å². The fourth-order valence-corrected chi connectivity index (χ4v) is 4.32. The third kappa shape index (κ3) is 2.90. The Morgan fingerprint density at radius 3 is 2.50 bits per heavy atom. The lowest BCUT2D eigenvalue weighted by Crippen LogP contribution is -2.14. The van der Waals surface area contributed by atoms with Gasteiger partial charge < -0.3 is 4.74 Å². The zero-order chi connectivity index (χ0) is 17.3. The Morgan fingerprint density at radius 2 is 1.79 bits per heavy atom. The van der Waals surface area contributed by atoms with Crippen LogP contribution in [0.2, 0.25) is 5.02 Å². The summed E-state index contributed by atoms with van der Waals surface area (Å²) >= 11 is 6.07. The van der Waals surface area contributed by atoms with Crippen LogP contribution in [0.4, 0.5) is 0 Å². The molecular weight excluding hydrogens is 350 g/mol. The van der Waals surface area contributed by atoms with Gasteiger partial charge in [-0.2, -0.15) is 0 Å². The number of carbonyl (C=O) groups is 1. The SMILES string of the molecule is COC(=O)c1cn(S(=O)(=O)Cc2ccccc2Cl)c2ccccc12. The van der Waals surface area contributed by atoms with Gasteiger partial charge in [-0.05, 0) is 17.7 Å². The van der Waals surface area contributed by atoms with Crippen molar-refractivity contribution < 1.29 is 17.9 Å². The van der Waals surface area contributed by atoms with Gasteiger partial charge in [0.25, 0.3) is 0 Å². The average Bonchev–Trinajstić information content (AvgIpc) is 2.97. The number of rotatable bonds is 4. The number of hydrogen-bond donors (Lipinski definition) is 0. The number of ether oxygens (including phenoxy) is 1. The lowest BCUT2D eigenvalue weighted by molar-refractivity contribution is 0.0603. The molecule has 1 aromatic heterocycles. The largest absolute Gasteiger partial charge is 0.465 e. The van der Waals surface area contributed by atoms with Gasteiger partial charge in [0.2, 0.25) is 10.0 Å². The number of nitrogens with zero attached hydrogens (tertiary/aromatic N) is 1. The van der Waals surface area contributed by atoms with E-state index in [-0.39, 0.29) is 11.3 Å². The van der Waals surface area contributed by atoms with Crippen molar-refractivity contribution in [3.8, 4) is 0 Å². The van der Waals surface area contributed by atoms with Crippen molar-refractivity contribution in [1.82, 2.24) is 3.97 Å². The van der Waals surface area contributed by atoms with Gasteiger partial charge in [-0.3, -0.25) is 0 Å². The molecule has 0 bridgehead atoms. The molecule has 3 rings (SSSR count). The molecule has 0 N–H and O–H groups in total. The van der Waals surface area contributed by atoms with E-state index in [2.05, 4.69) is 0 Å². The van der Waals surface area contributed by atoms with Crippen molar-refractivity contribution in [2.24, 2.45) is 0 Å². The van der Waals surface area contributed by atoms with Gasteiger partial charge in [-0.15, -0.1) is 0 Å². The molecule has 0 aliphatic rings. The maximum Gasteiger partial charge on any atom is 0.340 e. The van der Waals surface area contributed by atoms with Crippen LogP contribution >= 0.6 is 11.6 Å². The Labute approximate surface area is 144 Å². The van der Waals surface area contributed by atoms with Crippen molar-refractivity contribution in [2.45, 2.75) is 5.75 Å². The van der Waals surface area contributed by atoms with Crippen LogP contribution in [0.3, 0.4) is 0 Å². The van der Waals surface area contributed by atoms with Gasteiger partial charge >= 0.3 is 5.97 Å². The fraction of sp³-hybridized carbons (Fsp3) is 0.118. The highest BCUT2D eigenvalue weighted by atomic mass is 35.5. The molecule has 5 nitrogen and oxygen atoms in total. The zero-order valence-corrected chi connectivity index (χ0v) is 14.3. The van der Waals surface area contributed by atoms with Crippen LogP contribution in [-0.4, -0.2) is 25.5 Å². The summed E-state index contributed by atoms with van der Waals surface area (Å²) in [6.45, 7) is 0. The fourth-order valence-electron chi connectivity index (χ4n) is 2.53. The summed E-state index contributed by atoms with van der Waals surface area (Å²) in [5.74, 6) is -0.857. The first-order chi connectivity index (χ1) is 11.4. The molecule has 0 atom stereocenters. The molecule has 0 aliphatic heterocycles. The molecule has 0 spiro atoms. The van der Waals surface area contributed by atoms with Crippen LogP contribution in [0.15, 0.2) is 54.7 Å². The summed E-state index contributed by atoms with van der Waals surface area (Å²) < 4.78 is 31.5. The Bertz CT molecular complexity index is 1020. The number of hydrogen-bond acceptors (Lipinski definition) is 4. The van der Waals surface area contributed by atoms with Gasteiger partial charge in [0.05, 0.1) is 23.9 Å². The van der Waals surface area contributed by atoms with E-state index in [1.165, 1.54) is 13.3 Å². The van der Waals surface area contributed by atoms with E-state index in [1.54, 1.807) is 48.5 Å². The van der Waals surface area contributed by atoms with Crippen LogP contribution in [0.5, 0.6) is 0 Å². The van der Waals surface area contributed by atoms with Gasteiger partial charge in [-0.25, -0.2) is 17.2 Å². The lowest BCUT2D eigenvalue weighted by atomic mass is 10.2. The highest BCUT2D eigenvalue weighted by Crippen LogP contribution is 2.26. The minimum absolute atomic E-state index is 0.204. The van der Waals surface area contributed by atoms with E-state index >= 15 is 0 Å². The Hall–Kier alpha value is -2.31. The molecule has 124 valence electrons. The van der Waals surface area contributed by atoms with Gasteiger partial charge in [-0.1, -0.05) is 48.0 Å². The molecule has 0 aliphatic carbocycles. The Balaban J connectivity index is 2.15. The van der Waals surface area contributed by atoms with Crippen LogP contribution in [-0.2, 0) is 20.5 Å². The summed E-state index contributed by atoms with van der Waals surface area (Å²) in [6.07, 6.45) is 1.29. The molecule has 7 heteroatoms. The van der Waals surface area contributed by atoms with E-state index in [0.717, 1.165) is 3.97 Å². The predicted molar refractivity (Wildman–Crippen MR) is 92.8 cm³/mol. The molecule has 3 aromatic rings. The molecule has 0 radical (unpaired) electrons. The quantitative estimate of drug-likeness (QED) is 0.666. The van der Waals surface area contributed by atoms with E-state index in [1.807, 2.05) is 0 Å². The van der Waals surface area contributed by atoms with Crippen LogP contribution < -0.4 is 0 Å².